The van der Waals surface area contributed by atoms with E-state index in [1.54, 1.807) is 0 Å². The van der Waals surface area contributed by atoms with Crippen LogP contribution in [0.4, 0.5) is 0 Å². The molecule has 13 heavy (non-hydrogen) atoms. The average molecular weight is 187 g/mol. The summed E-state index contributed by atoms with van der Waals surface area (Å²) >= 11 is 0. The van der Waals surface area contributed by atoms with Crippen LogP contribution >= 0.6 is 0 Å². The fourth-order valence-electron chi connectivity index (χ4n) is 1.42. The molecule has 0 aromatic heterocycles. The van der Waals surface area contributed by atoms with Gasteiger partial charge in [0.25, 0.3) is 0 Å². The van der Waals surface area contributed by atoms with Crippen LogP contribution in [0.15, 0.2) is 0 Å². The molecule has 0 aromatic carbocycles. The molecule has 0 radical (unpaired) electrons. The van der Waals surface area contributed by atoms with Crippen LogP contribution < -0.4 is 5.73 Å². The van der Waals surface area contributed by atoms with Gasteiger partial charge in [0.1, 0.15) is 0 Å². The number of hydrogen-bond donors (Lipinski definition) is 1. The summed E-state index contributed by atoms with van der Waals surface area (Å²) < 4.78 is 5.79. The summed E-state index contributed by atoms with van der Waals surface area (Å²) in [4.78, 5) is 0. The maximum Gasteiger partial charge on any atom is 0.0602 e. The third-order valence-corrected chi connectivity index (χ3v) is 1.87. The molecule has 0 fully saturated rings. The summed E-state index contributed by atoms with van der Waals surface area (Å²) in [6.45, 7) is 9.26. The van der Waals surface area contributed by atoms with Crippen LogP contribution in [0.25, 0.3) is 0 Å². The van der Waals surface area contributed by atoms with E-state index in [9.17, 15) is 0 Å². The van der Waals surface area contributed by atoms with Crippen molar-refractivity contribution >= 4 is 0 Å². The molecule has 0 spiro atoms. The van der Waals surface area contributed by atoms with Gasteiger partial charge in [-0.05, 0) is 47.1 Å². The van der Waals surface area contributed by atoms with E-state index in [-0.39, 0.29) is 5.60 Å². The van der Waals surface area contributed by atoms with Crippen LogP contribution in [-0.2, 0) is 4.74 Å². The molecular weight excluding hydrogens is 162 g/mol. The number of unbranched alkanes of at least 4 members (excludes halogenated alkanes) is 2. The van der Waals surface area contributed by atoms with Gasteiger partial charge in [-0.3, -0.25) is 0 Å². The van der Waals surface area contributed by atoms with Crippen molar-refractivity contribution in [3.8, 4) is 0 Å². The van der Waals surface area contributed by atoms with Gasteiger partial charge in [-0.15, -0.1) is 0 Å². The molecule has 0 aromatic rings. The predicted molar refractivity (Wildman–Crippen MR) is 57.8 cm³/mol. The molecule has 0 saturated carbocycles. The van der Waals surface area contributed by atoms with Gasteiger partial charge >= 0.3 is 0 Å². The lowest BCUT2D eigenvalue weighted by Gasteiger charge is -2.25. The lowest BCUT2D eigenvalue weighted by Crippen LogP contribution is -2.25. The summed E-state index contributed by atoms with van der Waals surface area (Å²) in [5.74, 6) is 0. The second-order valence-electron chi connectivity index (χ2n) is 4.68. The van der Waals surface area contributed by atoms with Gasteiger partial charge in [0.15, 0.2) is 0 Å². The van der Waals surface area contributed by atoms with Gasteiger partial charge in [0, 0.05) is 0 Å². The molecule has 0 aliphatic rings. The van der Waals surface area contributed by atoms with Crippen LogP contribution in [0.1, 0.15) is 53.4 Å². The first-order chi connectivity index (χ1) is 5.95. The molecular formula is C11H25NO. The molecule has 0 saturated heterocycles. The standard InChI is InChI=1S/C11H25NO/c1-10(13-11(2,3)4)8-6-5-7-9-12/h10H,5-9,12H2,1-4H3. The topological polar surface area (TPSA) is 35.2 Å². The SMILES string of the molecule is CC(CCCCCN)OC(C)(C)C. The Morgan fingerprint density at radius 1 is 1.15 bits per heavy atom. The lowest BCUT2D eigenvalue weighted by molar-refractivity contribution is -0.0549. The fourth-order valence-corrected chi connectivity index (χ4v) is 1.42. The van der Waals surface area contributed by atoms with Crippen molar-refractivity contribution in [3.05, 3.63) is 0 Å². The quantitative estimate of drug-likeness (QED) is 0.649. The Balaban J connectivity index is 3.35. The molecule has 2 N–H and O–H groups in total. The zero-order chi connectivity index (χ0) is 10.3. The van der Waals surface area contributed by atoms with E-state index in [2.05, 4.69) is 27.7 Å². The van der Waals surface area contributed by atoms with E-state index < -0.39 is 0 Å². The van der Waals surface area contributed by atoms with Crippen molar-refractivity contribution in [2.45, 2.75) is 65.1 Å². The summed E-state index contributed by atoms with van der Waals surface area (Å²) in [6.07, 6.45) is 5.13. The minimum absolute atomic E-state index is 0.00666. The molecule has 0 heterocycles. The summed E-state index contributed by atoms with van der Waals surface area (Å²) in [6, 6.07) is 0. The number of rotatable bonds is 6. The van der Waals surface area contributed by atoms with Crippen LogP contribution in [0.5, 0.6) is 0 Å². The smallest absolute Gasteiger partial charge is 0.0602 e. The van der Waals surface area contributed by atoms with Gasteiger partial charge < -0.3 is 10.5 Å². The Hall–Kier alpha value is -0.0800. The first-order valence-electron chi connectivity index (χ1n) is 5.33. The Morgan fingerprint density at radius 3 is 2.23 bits per heavy atom. The minimum Gasteiger partial charge on any atom is -0.373 e. The van der Waals surface area contributed by atoms with Crippen molar-refractivity contribution in [1.82, 2.24) is 0 Å². The molecule has 80 valence electrons. The summed E-state index contributed by atoms with van der Waals surface area (Å²) in [5.41, 5.74) is 5.41. The largest absolute Gasteiger partial charge is 0.373 e. The van der Waals surface area contributed by atoms with Gasteiger partial charge in [-0.25, -0.2) is 0 Å². The molecule has 2 heteroatoms. The van der Waals surface area contributed by atoms with E-state index in [4.69, 9.17) is 10.5 Å². The molecule has 0 rings (SSSR count). The van der Waals surface area contributed by atoms with E-state index in [0.29, 0.717) is 6.10 Å². The Labute approximate surface area is 82.8 Å². The fraction of sp³-hybridized carbons (Fsp3) is 1.00. The maximum atomic E-state index is 5.79. The highest BCUT2D eigenvalue weighted by molar-refractivity contribution is 4.63. The first kappa shape index (κ1) is 12.9. The number of nitrogens with two attached hydrogens (primary N) is 1. The van der Waals surface area contributed by atoms with E-state index in [1.165, 1.54) is 12.8 Å². The van der Waals surface area contributed by atoms with Crippen LogP contribution in [0.2, 0.25) is 0 Å². The first-order valence-corrected chi connectivity index (χ1v) is 5.33. The number of ether oxygens (including phenoxy) is 1. The zero-order valence-corrected chi connectivity index (χ0v) is 9.60. The normalized spacial score (nSPS) is 14.5. The second kappa shape index (κ2) is 6.39. The third kappa shape index (κ3) is 9.84. The molecule has 1 atom stereocenters. The highest BCUT2D eigenvalue weighted by Gasteiger charge is 2.14. The third-order valence-electron chi connectivity index (χ3n) is 1.87. The van der Waals surface area contributed by atoms with E-state index in [0.717, 1.165) is 19.4 Å². The predicted octanol–water partition coefficient (Wildman–Crippen LogP) is 2.71. The van der Waals surface area contributed by atoms with Crippen molar-refractivity contribution in [2.24, 2.45) is 5.73 Å². The zero-order valence-electron chi connectivity index (χ0n) is 9.60. The molecule has 0 aliphatic carbocycles. The Kier molecular flexibility index (Phi) is 6.35. The average Bonchev–Trinajstić information content (AvgIpc) is 1.94. The highest BCUT2D eigenvalue weighted by atomic mass is 16.5. The van der Waals surface area contributed by atoms with Crippen LogP contribution in [0, 0.1) is 0 Å². The van der Waals surface area contributed by atoms with Crippen LogP contribution in [-0.4, -0.2) is 18.2 Å². The van der Waals surface area contributed by atoms with E-state index >= 15 is 0 Å². The van der Waals surface area contributed by atoms with Gasteiger partial charge in [-0.2, -0.15) is 0 Å². The van der Waals surface area contributed by atoms with Gasteiger partial charge in [-0.1, -0.05) is 12.8 Å². The van der Waals surface area contributed by atoms with Gasteiger partial charge in [0.05, 0.1) is 11.7 Å². The minimum atomic E-state index is -0.00666. The lowest BCUT2D eigenvalue weighted by atomic mass is 10.1. The van der Waals surface area contributed by atoms with E-state index in [1.807, 2.05) is 0 Å². The van der Waals surface area contributed by atoms with Crippen molar-refractivity contribution < 1.29 is 4.74 Å². The van der Waals surface area contributed by atoms with Gasteiger partial charge in [0.2, 0.25) is 0 Å². The molecule has 0 bridgehead atoms. The Morgan fingerprint density at radius 2 is 1.77 bits per heavy atom. The Bertz CT molecular complexity index is 118. The molecule has 2 nitrogen and oxygen atoms in total. The summed E-state index contributed by atoms with van der Waals surface area (Å²) in [7, 11) is 0. The van der Waals surface area contributed by atoms with Crippen molar-refractivity contribution in [3.63, 3.8) is 0 Å². The van der Waals surface area contributed by atoms with Crippen molar-refractivity contribution in [2.75, 3.05) is 6.54 Å². The summed E-state index contributed by atoms with van der Waals surface area (Å²) in [5, 5.41) is 0. The molecule has 1 unspecified atom stereocenters. The monoisotopic (exact) mass is 187 g/mol. The number of hydrogen-bond acceptors (Lipinski definition) is 2. The molecule has 0 aliphatic heterocycles. The highest BCUT2D eigenvalue weighted by Crippen LogP contribution is 2.14. The second-order valence-corrected chi connectivity index (χ2v) is 4.68. The van der Waals surface area contributed by atoms with Crippen molar-refractivity contribution in [1.29, 1.82) is 0 Å². The maximum absolute atomic E-state index is 5.79. The molecule has 0 amide bonds. The van der Waals surface area contributed by atoms with Crippen LogP contribution in [0.3, 0.4) is 0 Å².